The van der Waals surface area contributed by atoms with Crippen molar-refractivity contribution in [2.75, 3.05) is 16.5 Å². The quantitative estimate of drug-likeness (QED) is 0.124. The molecule has 0 aliphatic carbocycles. The van der Waals surface area contributed by atoms with E-state index in [0.29, 0.717) is 39.8 Å². The minimum Gasteiger partial charge on any atom is -0.507 e. The van der Waals surface area contributed by atoms with Gasteiger partial charge in [-0.25, -0.2) is 4.98 Å². The van der Waals surface area contributed by atoms with E-state index in [4.69, 9.17) is 21.3 Å². The lowest BCUT2D eigenvalue weighted by Gasteiger charge is -2.28. The summed E-state index contributed by atoms with van der Waals surface area (Å²) in [6, 6.07) is 68.8. The Morgan fingerprint density at radius 1 is 0.515 bits per heavy atom. The number of phenols is 2. The molecule has 0 saturated carbocycles. The number of nitrogens with two attached hydrogens (primary N) is 2. The molecule has 0 bridgehead atoms. The van der Waals surface area contributed by atoms with E-state index in [0.717, 1.165) is 66.9 Å². The topological polar surface area (TPSA) is 142 Å². The zero-order valence-electron chi connectivity index (χ0n) is 37.1. The summed E-state index contributed by atoms with van der Waals surface area (Å²) < 4.78 is 0. The van der Waals surface area contributed by atoms with Crippen LogP contribution in [0.4, 0.5) is 22.7 Å². The summed E-state index contributed by atoms with van der Waals surface area (Å²) in [6.07, 6.45) is 0. The number of aromatic hydroxyl groups is 2. The van der Waals surface area contributed by atoms with Crippen LogP contribution in [0, 0.1) is 11.3 Å². The molecule has 8 nitrogen and oxygen atoms in total. The lowest BCUT2D eigenvalue weighted by Crippen LogP contribution is -2.25. The molecule has 330 valence electrons. The van der Waals surface area contributed by atoms with Crippen LogP contribution in [0.25, 0.3) is 39.2 Å². The third-order valence-electron chi connectivity index (χ3n) is 11.3. The molecule has 0 amide bonds. The molecule has 1 aliphatic heterocycles. The van der Waals surface area contributed by atoms with E-state index in [9.17, 15) is 15.5 Å². The summed E-state index contributed by atoms with van der Waals surface area (Å²) in [5, 5.41) is 30.3. The summed E-state index contributed by atoms with van der Waals surface area (Å²) >= 11 is 0. The van der Waals surface area contributed by atoms with Crippen LogP contribution < -0.4 is 21.4 Å². The Morgan fingerprint density at radius 3 is 1.46 bits per heavy atom. The van der Waals surface area contributed by atoms with Gasteiger partial charge in [0.25, 0.3) is 0 Å². The van der Waals surface area contributed by atoms with Gasteiger partial charge in [0.05, 0.1) is 40.1 Å². The van der Waals surface area contributed by atoms with Gasteiger partial charge in [0.2, 0.25) is 0 Å². The molecule has 0 fully saturated rings. The first kappa shape index (κ1) is 45.0. The fourth-order valence-electron chi connectivity index (χ4n) is 7.77. The third kappa shape index (κ3) is 9.59. The standard InChI is InChI=1S/C32H23N5O.2C14H12O/c1-20-24-11-5-7-13-26(24)37(38-27-14-8-6-12-25(20)27)32-28(34)30(22-9-3-2-4-10-22)36-31(29(32)35)23-17-15-21(19-33)16-18-23;2*1-11(12-7-3-2-4-8-12)13-9-5-6-10-14(13)15/h2-18H,1,34-35H2;2*2-10,15H,1H2. The first-order valence-electron chi connectivity index (χ1n) is 21.7. The maximum atomic E-state index is 9.68. The van der Waals surface area contributed by atoms with Gasteiger partial charge < -0.3 is 26.5 Å². The molecule has 0 saturated heterocycles. The molecular formula is C60H47N5O3. The molecule has 8 heteroatoms. The molecule has 1 aromatic heterocycles. The highest BCUT2D eigenvalue weighted by molar-refractivity contribution is 6.00. The lowest BCUT2D eigenvalue weighted by atomic mass is 9.97. The average molecular weight is 886 g/mol. The van der Waals surface area contributed by atoms with Crippen LogP contribution in [0.1, 0.15) is 38.9 Å². The van der Waals surface area contributed by atoms with E-state index in [2.05, 4.69) is 25.8 Å². The number of nitrogen functional groups attached to an aromatic ring is 2. The van der Waals surface area contributed by atoms with Crippen molar-refractivity contribution in [3.8, 4) is 45.8 Å². The molecule has 0 unspecified atom stereocenters. The Balaban J connectivity index is 0.000000170. The summed E-state index contributed by atoms with van der Waals surface area (Å²) in [7, 11) is 0. The lowest BCUT2D eigenvalue weighted by molar-refractivity contribution is 0.325. The Bertz CT molecular complexity index is 3220. The number of pyridine rings is 1. The second-order valence-electron chi connectivity index (χ2n) is 15.6. The number of rotatable bonds is 7. The van der Waals surface area contributed by atoms with Gasteiger partial charge in [-0.15, -0.1) is 0 Å². The van der Waals surface area contributed by atoms with Gasteiger partial charge in [-0.2, -0.15) is 10.3 Å². The predicted octanol–water partition coefficient (Wildman–Crippen LogP) is 13.9. The van der Waals surface area contributed by atoms with E-state index in [1.54, 1.807) is 41.5 Å². The van der Waals surface area contributed by atoms with Gasteiger partial charge in [-0.1, -0.05) is 196 Å². The molecule has 1 aliphatic rings. The van der Waals surface area contributed by atoms with Gasteiger partial charge in [0.1, 0.15) is 17.2 Å². The van der Waals surface area contributed by atoms with Gasteiger partial charge in [-0.3, -0.25) is 0 Å². The van der Waals surface area contributed by atoms with Crippen molar-refractivity contribution in [2.45, 2.75) is 0 Å². The maximum absolute atomic E-state index is 9.68. The number of aromatic nitrogens is 1. The van der Waals surface area contributed by atoms with Crippen LogP contribution in [0.15, 0.2) is 232 Å². The van der Waals surface area contributed by atoms with E-state index in [-0.39, 0.29) is 11.5 Å². The molecule has 9 aromatic rings. The largest absolute Gasteiger partial charge is 0.507 e. The van der Waals surface area contributed by atoms with Crippen LogP contribution >= 0.6 is 0 Å². The highest BCUT2D eigenvalue weighted by Gasteiger charge is 2.30. The third-order valence-corrected chi connectivity index (χ3v) is 11.3. The molecule has 0 spiro atoms. The summed E-state index contributed by atoms with van der Waals surface area (Å²) in [4.78, 5) is 11.5. The summed E-state index contributed by atoms with van der Waals surface area (Å²) in [5.41, 5.74) is 26.9. The number of para-hydroxylation sites is 4. The number of anilines is 4. The normalized spacial score (nSPS) is 11.1. The van der Waals surface area contributed by atoms with Gasteiger partial charge in [-0.05, 0) is 64.2 Å². The van der Waals surface area contributed by atoms with E-state index in [1.165, 1.54) is 0 Å². The van der Waals surface area contributed by atoms with Crippen molar-refractivity contribution in [1.29, 1.82) is 5.26 Å². The van der Waals surface area contributed by atoms with E-state index >= 15 is 0 Å². The molecule has 10 rings (SSSR count). The van der Waals surface area contributed by atoms with Crippen LogP contribution in [-0.2, 0) is 0 Å². The Labute approximate surface area is 396 Å². The van der Waals surface area contributed by atoms with Crippen LogP contribution in [0.3, 0.4) is 0 Å². The number of fused-ring (bicyclic) bond motifs is 2. The van der Waals surface area contributed by atoms with Crippen molar-refractivity contribution in [3.05, 3.63) is 271 Å². The smallest absolute Gasteiger partial charge is 0.163 e. The number of nitrogens with zero attached hydrogens (tertiary/aromatic N) is 3. The van der Waals surface area contributed by atoms with Gasteiger partial charge in [0.15, 0.2) is 5.75 Å². The van der Waals surface area contributed by atoms with Gasteiger partial charge in [0, 0.05) is 33.4 Å². The highest BCUT2D eigenvalue weighted by atomic mass is 16.7. The van der Waals surface area contributed by atoms with Crippen molar-refractivity contribution >= 4 is 39.5 Å². The van der Waals surface area contributed by atoms with Crippen molar-refractivity contribution < 1.29 is 15.1 Å². The fourth-order valence-corrected chi connectivity index (χ4v) is 7.77. The molecule has 0 atom stereocenters. The van der Waals surface area contributed by atoms with Gasteiger partial charge >= 0.3 is 0 Å². The van der Waals surface area contributed by atoms with Crippen molar-refractivity contribution in [3.63, 3.8) is 0 Å². The monoisotopic (exact) mass is 885 g/mol. The zero-order valence-corrected chi connectivity index (χ0v) is 37.1. The minimum atomic E-state index is 0.270. The molecule has 0 radical (unpaired) electrons. The molecule has 6 N–H and O–H groups in total. The minimum absolute atomic E-state index is 0.270. The first-order chi connectivity index (χ1) is 33.1. The predicted molar refractivity (Wildman–Crippen MR) is 278 cm³/mol. The number of benzene rings is 8. The Hall–Kier alpha value is -9.58. The van der Waals surface area contributed by atoms with Crippen LogP contribution in [0.5, 0.6) is 17.2 Å². The average Bonchev–Trinajstić information content (AvgIpc) is 3.51. The highest BCUT2D eigenvalue weighted by Crippen LogP contribution is 2.49. The SMILES string of the molecule is C=C(c1ccccc1)c1ccccc1O.C=C(c1ccccc1)c1ccccc1O.C=C1c2ccccc2ON(c2c(N)c(-c3ccccc3)nc(-c3ccc(C#N)cc3)c2N)c2ccccc21. The summed E-state index contributed by atoms with van der Waals surface area (Å²) in [5.74, 6) is 1.17. The maximum Gasteiger partial charge on any atom is 0.163 e. The number of nitriles is 1. The van der Waals surface area contributed by atoms with Crippen LogP contribution in [0.2, 0.25) is 0 Å². The van der Waals surface area contributed by atoms with Crippen molar-refractivity contribution in [2.24, 2.45) is 0 Å². The Kier molecular flexibility index (Phi) is 13.6. The first-order valence-corrected chi connectivity index (χ1v) is 21.7. The second-order valence-corrected chi connectivity index (χ2v) is 15.6. The zero-order chi connectivity index (χ0) is 47.6. The van der Waals surface area contributed by atoms with Crippen molar-refractivity contribution in [1.82, 2.24) is 4.98 Å². The number of hydrogen-bond acceptors (Lipinski definition) is 8. The van der Waals surface area contributed by atoms with Crippen LogP contribution in [-0.4, -0.2) is 15.2 Å². The second kappa shape index (κ2) is 20.5. The summed E-state index contributed by atoms with van der Waals surface area (Å²) in [6.45, 7) is 12.4. The Morgan fingerprint density at radius 2 is 0.941 bits per heavy atom. The van der Waals surface area contributed by atoms with E-state index < -0.39 is 0 Å². The molecular weight excluding hydrogens is 839 g/mol. The van der Waals surface area contributed by atoms with E-state index in [1.807, 2.05) is 176 Å². The molecule has 68 heavy (non-hydrogen) atoms. The number of phenolic OH excluding ortho intramolecular Hbond substituents is 2. The molecule has 8 aromatic carbocycles. The fraction of sp³-hybridized carbons (Fsp3) is 0. The molecule has 2 heterocycles. The number of hydrogen-bond donors (Lipinski definition) is 4.